The van der Waals surface area contributed by atoms with Crippen molar-refractivity contribution >= 4 is 23.5 Å². The van der Waals surface area contributed by atoms with E-state index in [-0.39, 0.29) is 32.0 Å². The average molecular weight is 504 g/mol. The van der Waals surface area contributed by atoms with E-state index in [1.54, 1.807) is 27.8 Å². The molecule has 0 heterocycles. The highest BCUT2D eigenvalue weighted by Gasteiger charge is 2.22. The van der Waals surface area contributed by atoms with Gasteiger partial charge in [-0.05, 0) is 64.4 Å². The quantitative estimate of drug-likeness (QED) is 0.215. The number of carbonyl (C=O) groups excluding carboxylic acids is 3. The number of esters is 1. The third-order valence-electron chi connectivity index (χ3n) is 4.83. The van der Waals surface area contributed by atoms with E-state index in [1.165, 1.54) is 7.11 Å². The van der Waals surface area contributed by atoms with E-state index in [9.17, 15) is 14.4 Å². The molecule has 0 spiro atoms. The van der Waals surface area contributed by atoms with Crippen molar-refractivity contribution in [1.29, 1.82) is 0 Å². The van der Waals surface area contributed by atoms with E-state index < -0.39 is 23.7 Å². The largest absolute Gasteiger partial charge is 0.491 e. The maximum atomic E-state index is 12.3. The summed E-state index contributed by atoms with van der Waals surface area (Å²) in [6.07, 6.45) is 6.65. The molecule has 1 unspecified atom stereocenters. The van der Waals surface area contributed by atoms with Gasteiger partial charge in [-0.2, -0.15) is 0 Å². The van der Waals surface area contributed by atoms with Crippen molar-refractivity contribution in [3.63, 3.8) is 0 Å². The Labute approximate surface area is 214 Å². The Balaban J connectivity index is 3.10. The molecule has 0 aromatic heterocycles. The monoisotopic (exact) mass is 503 g/mol. The number of hydrogen-bond acceptors (Lipinski definition) is 7. The number of ether oxygens (including phenoxy) is 3. The number of alkyl carbamates (subject to hydrolysis) is 1. The van der Waals surface area contributed by atoms with Gasteiger partial charge in [-0.25, -0.2) is 9.59 Å². The fourth-order valence-corrected chi connectivity index (χ4v) is 3.25. The molecule has 3 N–H and O–H groups in total. The van der Waals surface area contributed by atoms with Crippen LogP contribution >= 0.6 is 0 Å². The zero-order valence-electron chi connectivity index (χ0n) is 22.5. The lowest BCUT2D eigenvalue weighted by Gasteiger charge is -2.20. The Morgan fingerprint density at radius 2 is 1.89 bits per heavy atom. The molecule has 0 saturated heterocycles. The van der Waals surface area contributed by atoms with Crippen molar-refractivity contribution in [3.05, 3.63) is 47.6 Å². The van der Waals surface area contributed by atoms with E-state index in [1.807, 2.05) is 43.4 Å². The first-order valence-electron chi connectivity index (χ1n) is 12.1. The van der Waals surface area contributed by atoms with Crippen LogP contribution in [0.15, 0.2) is 36.4 Å². The van der Waals surface area contributed by atoms with Crippen molar-refractivity contribution in [2.24, 2.45) is 0 Å². The summed E-state index contributed by atoms with van der Waals surface area (Å²) in [7, 11) is 2.95. The second-order valence-electron chi connectivity index (χ2n) is 9.04. The number of carbonyl (C=O) groups is 3. The molecule has 0 aliphatic carbocycles. The summed E-state index contributed by atoms with van der Waals surface area (Å²) in [5.41, 5.74) is 2.04. The summed E-state index contributed by atoms with van der Waals surface area (Å²) in [5.74, 6) is -0.190. The van der Waals surface area contributed by atoms with Crippen molar-refractivity contribution in [1.82, 2.24) is 16.0 Å². The first kappa shape index (κ1) is 30.7. The van der Waals surface area contributed by atoms with Gasteiger partial charge in [0.2, 0.25) is 5.91 Å². The van der Waals surface area contributed by atoms with Crippen LogP contribution in [0.1, 0.15) is 52.2 Å². The molecular weight excluding hydrogens is 462 g/mol. The van der Waals surface area contributed by atoms with Crippen molar-refractivity contribution in [2.75, 3.05) is 33.9 Å². The lowest BCUT2D eigenvalue weighted by molar-refractivity contribution is -0.144. The fraction of sp³-hybridized carbons (Fsp3) is 0.519. The highest BCUT2D eigenvalue weighted by atomic mass is 16.6. The van der Waals surface area contributed by atoms with E-state index >= 15 is 0 Å². The van der Waals surface area contributed by atoms with Crippen LogP contribution in [0.5, 0.6) is 5.75 Å². The van der Waals surface area contributed by atoms with Crippen LogP contribution in [0.25, 0.3) is 5.57 Å². The normalized spacial score (nSPS) is 12.7. The molecule has 0 radical (unpaired) electrons. The summed E-state index contributed by atoms with van der Waals surface area (Å²) in [4.78, 5) is 36.3. The second kappa shape index (κ2) is 15.6. The van der Waals surface area contributed by atoms with E-state index in [4.69, 9.17) is 14.2 Å². The third kappa shape index (κ3) is 11.4. The van der Waals surface area contributed by atoms with Crippen molar-refractivity contribution < 1.29 is 28.6 Å². The molecule has 1 aromatic rings. The molecule has 2 amide bonds. The number of hydrogen-bond donors (Lipinski definition) is 3. The molecule has 1 aromatic carbocycles. The van der Waals surface area contributed by atoms with E-state index in [0.717, 1.165) is 23.1 Å². The number of rotatable bonds is 13. The van der Waals surface area contributed by atoms with Gasteiger partial charge in [-0.1, -0.05) is 31.2 Å². The van der Waals surface area contributed by atoms with Crippen LogP contribution in [-0.4, -0.2) is 63.5 Å². The van der Waals surface area contributed by atoms with Crippen LogP contribution in [-0.2, 0) is 25.5 Å². The van der Waals surface area contributed by atoms with Crippen LogP contribution in [0, 0.1) is 0 Å². The Morgan fingerprint density at radius 1 is 1.17 bits per heavy atom. The minimum Gasteiger partial charge on any atom is -0.491 e. The molecule has 9 heteroatoms. The molecule has 0 bridgehead atoms. The zero-order chi connectivity index (χ0) is 27.1. The summed E-state index contributed by atoms with van der Waals surface area (Å²) < 4.78 is 16.1. The lowest BCUT2D eigenvalue weighted by Crippen LogP contribution is -2.45. The predicted molar refractivity (Wildman–Crippen MR) is 141 cm³/mol. The Kier molecular flexibility index (Phi) is 13.3. The Hall–Kier alpha value is -3.33. The number of likely N-dealkylation sites (N-methyl/N-ethyl adjacent to an activating group) is 1. The minimum atomic E-state index is -0.825. The maximum Gasteiger partial charge on any atom is 0.407 e. The Bertz CT molecular complexity index is 934. The molecule has 1 rings (SSSR count). The topological polar surface area (TPSA) is 115 Å². The van der Waals surface area contributed by atoms with Gasteiger partial charge in [0.15, 0.2) is 0 Å². The van der Waals surface area contributed by atoms with Crippen molar-refractivity contribution in [2.45, 2.75) is 59.1 Å². The zero-order valence-corrected chi connectivity index (χ0v) is 22.5. The maximum absolute atomic E-state index is 12.3. The molecule has 0 aliphatic heterocycles. The van der Waals surface area contributed by atoms with Crippen LogP contribution in [0.2, 0.25) is 0 Å². The van der Waals surface area contributed by atoms with Crippen LogP contribution in [0.3, 0.4) is 0 Å². The van der Waals surface area contributed by atoms with E-state index in [2.05, 4.69) is 22.9 Å². The van der Waals surface area contributed by atoms with E-state index in [0.29, 0.717) is 5.75 Å². The summed E-state index contributed by atoms with van der Waals surface area (Å²) >= 11 is 0. The minimum absolute atomic E-state index is 0.0907. The second-order valence-corrected chi connectivity index (χ2v) is 9.04. The molecule has 9 nitrogen and oxygen atoms in total. The molecule has 0 fully saturated rings. The van der Waals surface area contributed by atoms with Crippen molar-refractivity contribution in [3.8, 4) is 5.75 Å². The first-order valence-corrected chi connectivity index (χ1v) is 12.1. The molecule has 200 valence electrons. The molecule has 36 heavy (non-hydrogen) atoms. The molecule has 0 aliphatic rings. The van der Waals surface area contributed by atoms with Gasteiger partial charge in [0.05, 0.1) is 20.2 Å². The first-order chi connectivity index (χ1) is 17.0. The van der Waals surface area contributed by atoms with Gasteiger partial charge in [-0.3, -0.25) is 4.79 Å². The van der Waals surface area contributed by atoms with Crippen LogP contribution in [0.4, 0.5) is 4.79 Å². The van der Waals surface area contributed by atoms with Gasteiger partial charge in [0.25, 0.3) is 0 Å². The van der Waals surface area contributed by atoms with Gasteiger partial charge in [0, 0.05) is 12.0 Å². The number of allylic oxidation sites excluding steroid dienone is 4. The molecular formula is C27H41N3O6. The molecule has 0 saturated carbocycles. The molecule has 1 atom stereocenters. The fourth-order valence-electron chi connectivity index (χ4n) is 3.25. The number of amides is 2. The number of benzene rings is 1. The highest BCUT2D eigenvalue weighted by molar-refractivity contribution is 5.86. The van der Waals surface area contributed by atoms with Gasteiger partial charge < -0.3 is 30.2 Å². The summed E-state index contributed by atoms with van der Waals surface area (Å²) in [6.45, 7) is 9.99. The smallest absolute Gasteiger partial charge is 0.407 e. The SMILES string of the molecule is C/C=C(/C=C/CC)c1cc(CC(NC(=O)CNC)C(=O)OC)ccc1OCCNC(=O)OC(C)(C)C. The predicted octanol–water partition coefficient (Wildman–Crippen LogP) is 3.38. The summed E-state index contributed by atoms with van der Waals surface area (Å²) in [5, 5.41) is 8.15. The number of nitrogens with one attached hydrogen (secondary N) is 3. The lowest BCUT2D eigenvalue weighted by atomic mass is 9.97. The standard InChI is InChI=1S/C27H41N3O6/c1-8-10-11-20(9-2)21-16-19(17-22(25(32)34-7)30-24(31)18-28-6)12-13-23(21)35-15-14-29-26(33)36-27(3,4)5/h9-13,16,22,28H,8,14-15,17-18H2,1-7H3,(H,29,33)(H,30,31)/b11-10+,20-9-. The average Bonchev–Trinajstić information content (AvgIpc) is 2.81. The highest BCUT2D eigenvalue weighted by Crippen LogP contribution is 2.29. The summed E-state index contributed by atoms with van der Waals surface area (Å²) in [6, 6.07) is 4.78. The number of methoxy groups -OCH3 is 1. The van der Waals surface area contributed by atoms with Gasteiger partial charge >= 0.3 is 12.1 Å². The van der Waals surface area contributed by atoms with Gasteiger partial charge in [-0.15, -0.1) is 0 Å². The van der Waals surface area contributed by atoms with Gasteiger partial charge in [0.1, 0.15) is 24.0 Å². The van der Waals surface area contributed by atoms with Crippen LogP contribution < -0.4 is 20.7 Å². The third-order valence-corrected chi connectivity index (χ3v) is 4.83. The Morgan fingerprint density at radius 3 is 2.47 bits per heavy atom.